The van der Waals surface area contributed by atoms with E-state index in [1.54, 1.807) is 0 Å². The summed E-state index contributed by atoms with van der Waals surface area (Å²) >= 11 is 0. The van der Waals surface area contributed by atoms with E-state index in [0.717, 1.165) is 44.5 Å². The quantitative estimate of drug-likeness (QED) is 0.0745. The molecule has 424 valence electrons. The van der Waals surface area contributed by atoms with E-state index < -0.39 is 0 Å². The van der Waals surface area contributed by atoms with E-state index >= 15 is 0 Å². The van der Waals surface area contributed by atoms with Crippen molar-refractivity contribution < 1.29 is 40.9 Å². The van der Waals surface area contributed by atoms with Crippen LogP contribution >= 0.6 is 0 Å². The van der Waals surface area contributed by atoms with Crippen LogP contribution in [0.2, 0.25) is 0 Å². The molecule has 8 N–H and O–H groups in total. The molecule has 0 saturated heterocycles. The van der Waals surface area contributed by atoms with Crippen LogP contribution in [0.25, 0.3) is 0 Å². The third kappa shape index (κ3) is 10.8. The molecule has 0 aromatic heterocycles. The van der Waals surface area contributed by atoms with Gasteiger partial charge in [-0.05, 0) is 168 Å². The average Bonchev–Trinajstić information content (AvgIpc) is 3.50. The fraction of sp³-hybridized carbons (Fsp3) is 0.351. The highest BCUT2D eigenvalue weighted by atomic mass is 16.3. The summed E-state index contributed by atoms with van der Waals surface area (Å²) in [7, 11) is 0. The standard InChI is InChI=1S/C74H80O8/c1-71(2,3)59-31-51-25-47-19-39-13-40-16-45-24-46-18-42(14-41-17-44(23-43(15-39)63(47)75)64(76)48(21-41)26-52-32-60(72(4,5)6)36-56(68(52)80)29-55(35-59)67(51)79)22-50(66(46)78)28-54-34-62(74(10,11)12)38-58(70(54)82)30-57-37-61(73(7,8)9)33-53(69(57)81)27-49(20-40)65(45)77/h15-22,31-38,75-82H,13-14,23-30H2,1-12H3. The molecule has 82 heavy (non-hydrogen) atoms. The Morgan fingerprint density at radius 2 is 0.293 bits per heavy atom. The lowest BCUT2D eigenvalue weighted by atomic mass is 9.80. The van der Waals surface area contributed by atoms with Crippen molar-refractivity contribution in [2.24, 2.45) is 0 Å². The van der Waals surface area contributed by atoms with Crippen LogP contribution in [0.1, 0.15) is 217 Å². The normalized spacial score (nSPS) is 14.5. The second kappa shape index (κ2) is 20.0. The highest BCUT2D eigenvalue weighted by molar-refractivity contribution is 5.62. The lowest BCUT2D eigenvalue weighted by Crippen LogP contribution is -2.14. The van der Waals surface area contributed by atoms with E-state index in [4.69, 9.17) is 0 Å². The van der Waals surface area contributed by atoms with Crippen LogP contribution < -0.4 is 0 Å². The molecule has 0 spiro atoms. The molecule has 8 heteroatoms. The van der Waals surface area contributed by atoms with Gasteiger partial charge in [0.25, 0.3) is 0 Å². The Morgan fingerprint density at radius 3 is 0.402 bits per heavy atom. The summed E-state index contributed by atoms with van der Waals surface area (Å²) in [5, 5.41) is 100. The molecule has 8 aromatic rings. The summed E-state index contributed by atoms with van der Waals surface area (Å²) in [6.07, 6.45) is 2.20. The SMILES string of the molecule is CC(C)(C)c1cc2c(O)c(c1)Cc1cc(C(C)(C)C)cc(c1O)Cc1cc3cc(c1O)Cc1cc(cc(c1O)C2)Cc1cc2c(O)c(c1)Cc1cc(C(C)(C)C)cc(c1O)Cc1cc(C(C)(C)C)cc(c1O)Cc1cc(cc(c1O)C2)C3. The molecular weight excluding hydrogens is 1020 g/mol. The summed E-state index contributed by atoms with van der Waals surface area (Å²) < 4.78 is 0. The third-order valence-electron chi connectivity index (χ3n) is 17.7. The maximum absolute atomic E-state index is 12.7. The molecule has 8 aromatic carbocycles. The Hall–Kier alpha value is -7.84. The van der Waals surface area contributed by atoms with E-state index in [1.165, 1.54) is 0 Å². The minimum absolute atomic E-state index is 0.0661. The zero-order valence-corrected chi connectivity index (χ0v) is 49.9. The van der Waals surface area contributed by atoms with Crippen LogP contribution in [0.4, 0.5) is 0 Å². The molecule has 0 aliphatic heterocycles. The summed E-state index contributed by atoms with van der Waals surface area (Å²) in [5.74, 6) is 0.674. The van der Waals surface area contributed by atoms with Crippen molar-refractivity contribution in [3.8, 4) is 46.0 Å². The van der Waals surface area contributed by atoms with Gasteiger partial charge in [0.15, 0.2) is 0 Å². The van der Waals surface area contributed by atoms with Gasteiger partial charge in [-0.25, -0.2) is 0 Å². The zero-order chi connectivity index (χ0) is 58.9. The Bertz CT molecular complexity index is 3430. The number of hydrogen-bond acceptors (Lipinski definition) is 8. The smallest absolute Gasteiger partial charge is 0.122 e. The van der Waals surface area contributed by atoms with Gasteiger partial charge in [0.2, 0.25) is 0 Å². The molecule has 3 aliphatic carbocycles. The molecule has 20 bridgehead atoms. The molecule has 0 heterocycles. The highest BCUT2D eigenvalue weighted by Gasteiger charge is 2.29. The molecule has 0 unspecified atom stereocenters. The van der Waals surface area contributed by atoms with Crippen LogP contribution in [0.5, 0.6) is 46.0 Å². The first kappa shape index (κ1) is 56.0. The van der Waals surface area contributed by atoms with Gasteiger partial charge in [-0.2, -0.15) is 0 Å². The number of phenols is 8. The van der Waals surface area contributed by atoms with Crippen molar-refractivity contribution in [3.63, 3.8) is 0 Å². The molecule has 3 aliphatic rings. The number of phenolic OH excluding ortho intramolecular Hbond substituents is 8. The maximum atomic E-state index is 12.7. The number of benzene rings is 8. The number of aromatic hydroxyl groups is 8. The minimum atomic E-state index is -0.312. The number of hydrogen-bond donors (Lipinski definition) is 8. The van der Waals surface area contributed by atoms with Crippen LogP contribution in [0.15, 0.2) is 97.1 Å². The predicted octanol–water partition coefficient (Wildman–Crippen LogP) is 15.4. The molecule has 0 radical (unpaired) electrons. The van der Waals surface area contributed by atoms with E-state index in [9.17, 15) is 40.9 Å². The van der Waals surface area contributed by atoms with Gasteiger partial charge < -0.3 is 40.9 Å². The van der Waals surface area contributed by atoms with Gasteiger partial charge in [-0.1, -0.05) is 180 Å². The van der Waals surface area contributed by atoms with Gasteiger partial charge in [-0.15, -0.1) is 0 Å². The van der Waals surface area contributed by atoms with Gasteiger partial charge in [0, 0.05) is 51.4 Å². The fourth-order valence-corrected chi connectivity index (χ4v) is 12.8. The molecule has 0 fully saturated rings. The van der Waals surface area contributed by atoms with E-state index in [2.05, 4.69) is 83.1 Å². The van der Waals surface area contributed by atoms with Crippen LogP contribution in [-0.4, -0.2) is 40.9 Å². The number of fused-ring (bicyclic) bond motifs is 16. The zero-order valence-electron chi connectivity index (χ0n) is 49.9. The molecule has 8 nitrogen and oxygen atoms in total. The van der Waals surface area contributed by atoms with Crippen molar-refractivity contribution in [2.45, 2.75) is 169 Å². The molecular formula is C74H80O8. The first-order valence-electron chi connectivity index (χ1n) is 29.1. The van der Waals surface area contributed by atoms with Gasteiger partial charge in [-0.3, -0.25) is 0 Å². The topological polar surface area (TPSA) is 162 Å². The van der Waals surface area contributed by atoms with Gasteiger partial charge >= 0.3 is 0 Å². The number of rotatable bonds is 0. The molecule has 0 amide bonds. The molecule has 0 saturated carbocycles. The van der Waals surface area contributed by atoms with Crippen molar-refractivity contribution in [3.05, 3.63) is 231 Å². The lowest BCUT2D eigenvalue weighted by molar-refractivity contribution is 0.447. The second-order valence-corrected chi connectivity index (χ2v) is 28.4. The minimum Gasteiger partial charge on any atom is -0.507 e. The first-order valence-corrected chi connectivity index (χ1v) is 29.1. The van der Waals surface area contributed by atoms with Crippen molar-refractivity contribution in [1.82, 2.24) is 0 Å². The van der Waals surface area contributed by atoms with Crippen LogP contribution in [-0.2, 0) is 85.9 Å². The third-order valence-corrected chi connectivity index (χ3v) is 17.7. The van der Waals surface area contributed by atoms with Crippen molar-refractivity contribution in [2.75, 3.05) is 0 Å². The van der Waals surface area contributed by atoms with E-state index in [1.807, 2.05) is 97.1 Å². The summed E-state index contributed by atoms with van der Waals surface area (Å²) in [6.45, 7) is 25.7. The van der Waals surface area contributed by atoms with Crippen LogP contribution in [0, 0.1) is 0 Å². The first-order chi connectivity index (χ1) is 38.3. The van der Waals surface area contributed by atoms with Crippen LogP contribution in [0.3, 0.4) is 0 Å². The average molecular weight is 1100 g/mol. The van der Waals surface area contributed by atoms with Gasteiger partial charge in [0.1, 0.15) is 46.0 Å². The predicted molar refractivity (Wildman–Crippen MR) is 328 cm³/mol. The Morgan fingerprint density at radius 1 is 0.183 bits per heavy atom. The summed E-state index contributed by atoms with van der Waals surface area (Å²) in [4.78, 5) is 0. The monoisotopic (exact) mass is 1100 g/mol. The Labute approximate surface area is 484 Å². The van der Waals surface area contributed by atoms with E-state index in [0.29, 0.717) is 102 Å². The fourth-order valence-electron chi connectivity index (χ4n) is 12.8. The van der Waals surface area contributed by atoms with Gasteiger partial charge in [0.05, 0.1) is 0 Å². The van der Waals surface area contributed by atoms with Crippen molar-refractivity contribution >= 4 is 0 Å². The molecule has 11 rings (SSSR count). The lowest BCUT2D eigenvalue weighted by Gasteiger charge is -2.26. The maximum Gasteiger partial charge on any atom is 0.122 e. The largest absolute Gasteiger partial charge is 0.507 e. The second-order valence-electron chi connectivity index (χ2n) is 28.4. The Kier molecular flexibility index (Phi) is 13.6. The molecule has 0 atom stereocenters. The van der Waals surface area contributed by atoms with E-state index in [-0.39, 0.29) is 119 Å². The Balaban J connectivity index is 1.21. The summed E-state index contributed by atoms with van der Waals surface area (Å²) in [6, 6.07) is 32.2. The summed E-state index contributed by atoms with van der Waals surface area (Å²) in [5.41, 5.74) is 16.1. The van der Waals surface area contributed by atoms with Crippen molar-refractivity contribution in [1.29, 1.82) is 0 Å². The highest BCUT2D eigenvalue weighted by Crippen LogP contribution is 2.46.